The maximum Gasteiger partial charge on any atom is 0.248 e. The fourth-order valence-corrected chi connectivity index (χ4v) is 1.58. The van der Waals surface area contributed by atoms with Crippen molar-refractivity contribution in [3.8, 4) is 0 Å². The number of primary amides is 1. The summed E-state index contributed by atoms with van der Waals surface area (Å²) in [5, 5.41) is 9.87. The van der Waals surface area contributed by atoms with Gasteiger partial charge in [0.25, 0.3) is 0 Å². The highest BCUT2D eigenvalue weighted by Gasteiger charge is 2.00. The average molecular weight is 245 g/mol. The minimum Gasteiger partial charge on any atom is -0.366 e. The standard InChI is InChI=1S/C12H15N5O/c13-12(18)10-3-1-9(2-4-10)7-14-6-5-11-15-8-16-17-11/h1-4,8,14H,5-7H2,(H2,13,18)(H,15,16,17). The van der Waals surface area contributed by atoms with E-state index >= 15 is 0 Å². The van der Waals surface area contributed by atoms with Gasteiger partial charge in [0.05, 0.1) is 0 Å². The van der Waals surface area contributed by atoms with E-state index in [0.717, 1.165) is 30.9 Å². The van der Waals surface area contributed by atoms with E-state index in [1.54, 1.807) is 12.1 Å². The molecule has 0 aliphatic heterocycles. The Hall–Kier alpha value is -2.21. The molecule has 2 aromatic rings. The van der Waals surface area contributed by atoms with Gasteiger partial charge < -0.3 is 11.1 Å². The van der Waals surface area contributed by atoms with Crippen molar-refractivity contribution in [1.29, 1.82) is 0 Å². The normalized spacial score (nSPS) is 10.4. The summed E-state index contributed by atoms with van der Waals surface area (Å²) in [5.41, 5.74) is 6.81. The SMILES string of the molecule is NC(=O)c1ccc(CNCCc2ncn[nH]2)cc1. The van der Waals surface area contributed by atoms with Gasteiger partial charge in [0.2, 0.25) is 5.91 Å². The molecular formula is C12H15N5O. The zero-order valence-electron chi connectivity index (χ0n) is 9.89. The highest BCUT2D eigenvalue weighted by molar-refractivity contribution is 5.92. The van der Waals surface area contributed by atoms with Crippen molar-refractivity contribution < 1.29 is 4.79 Å². The number of hydrogen-bond donors (Lipinski definition) is 3. The van der Waals surface area contributed by atoms with Crippen LogP contribution in [0.25, 0.3) is 0 Å². The molecule has 4 N–H and O–H groups in total. The van der Waals surface area contributed by atoms with E-state index in [1.165, 1.54) is 6.33 Å². The first-order valence-electron chi connectivity index (χ1n) is 5.69. The number of hydrogen-bond acceptors (Lipinski definition) is 4. The molecule has 0 aliphatic rings. The lowest BCUT2D eigenvalue weighted by Crippen LogP contribution is -2.17. The molecule has 0 fully saturated rings. The van der Waals surface area contributed by atoms with E-state index in [-0.39, 0.29) is 0 Å². The maximum absolute atomic E-state index is 10.9. The number of aromatic nitrogens is 3. The molecule has 0 bridgehead atoms. The third-order valence-corrected chi connectivity index (χ3v) is 2.57. The van der Waals surface area contributed by atoms with E-state index in [9.17, 15) is 4.79 Å². The molecular weight excluding hydrogens is 230 g/mol. The molecule has 1 aromatic carbocycles. The lowest BCUT2D eigenvalue weighted by Gasteiger charge is -2.04. The highest BCUT2D eigenvalue weighted by Crippen LogP contribution is 2.03. The topological polar surface area (TPSA) is 96.7 Å². The second kappa shape index (κ2) is 5.92. The molecule has 1 aromatic heterocycles. The Balaban J connectivity index is 1.75. The first-order valence-corrected chi connectivity index (χ1v) is 5.69. The number of aromatic amines is 1. The summed E-state index contributed by atoms with van der Waals surface area (Å²) in [6.45, 7) is 1.56. The zero-order chi connectivity index (χ0) is 12.8. The van der Waals surface area contributed by atoms with Gasteiger partial charge in [-0.25, -0.2) is 4.98 Å². The number of nitrogens with two attached hydrogens (primary N) is 1. The fourth-order valence-electron chi connectivity index (χ4n) is 1.58. The van der Waals surface area contributed by atoms with Crippen LogP contribution < -0.4 is 11.1 Å². The summed E-state index contributed by atoms with van der Waals surface area (Å²) in [4.78, 5) is 14.9. The summed E-state index contributed by atoms with van der Waals surface area (Å²) in [7, 11) is 0. The van der Waals surface area contributed by atoms with Crippen molar-refractivity contribution in [2.45, 2.75) is 13.0 Å². The van der Waals surface area contributed by atoms with Gasteiger partial charge >= 0.3 is 0 Å². The van der Waals surface area contributed by atoms with E-state index in [1.807, 2.05) is 12.1 Å². The lowest BCUT2D eigenvalue weighted by atomic mass is 10.1. The van der Waals surface area contributed by atoms with Crippen LogP contribution in [0.3, 0.4) is 0 Å². The Morgan fingerprint density at radius 1 is 1.33 bits per heavy atom. The first-order chi connectivity index (χ1) is 8.75. The van der Waals surface area contributed by atoms with Gasteiger partial charge in [-0.3, -0.25) is 9.89 Å². The van der Waals surface area contributed by atoms with Crippen LogP contribution >= 0.6 is 0 Å². The summed E-state index contributed by atoms with van der Waals surface area (Å²) in [6.07, 6.45) is 2.30. The fraction of sp³-hybridized carbons (Fsp3) is 0.250. The van der Waals surface area contributed by atoms with Gasteiger partial charge in [0, 0.05) is 25.1 Å². The van der Waals surface area contributed by atoms with Crippen LogP contribution in [0.1, 0.15) is 21.7 Å². The third kappa shape index (κ3) is 3.39. The van der Waals surface area contributed by atoms with Crippen molar-refractivity contribution >= 4 is 5.91 Å². The molecule has 0 spiro atoms. The third-order valence-electron chi connectivity index (χ3n) is 2.57. The summed E-state index contributed by atoms with van der Waals surface area (Å²) < 4.78 is 0. The predicted octanol–water partition coefficient (Wildman–Crippen LogP) is 0.236. The minimum absolute atomic E-state index is 0.403. The molecule has 0 radical (unpaired) electrons. The average Bonchev–Trinajstić information content (AvgIpc) is 2.88. The number of H-pyrrole nitrogens is 1. The first kappa shape index (κ1) is 12.3. The van der Waals surface area contributed by atoms with Crippen LogP contribution in [0, 0.1) is 0 Å². The zero-order valence-corrected chi connectivity index (χ0v) is 9.89. The van der Waals surface area contributed by atoms with Crippen LogP contribution in [0.5, 0.6) is 0 Å². The second-order valence-corrected chi connectivity index (χ2v) is 3.92. The molecule has 6 heteroatoms. The minimum atomic E-state index is -0.403. The second-order valence-electron chi connectivity index (χ2n) is 3.92. The van der Waals surface area contributed by atoms with E-state index in [4.69, 9.17) is 5.73 Å². The number of amides is 1. The smallest absolute Gasteiger partial charge is 0.248 e. The Labute approximate surface area is 105 Å². The van der Waals surface area contributed by atoms with E-state index < -0.39 is 5.91 Å². The number of nitrogens with zero attached hydrogens (tertiary/aromatic N) is 2. The molecule has 0 unspecified atom stereocenters. The number of carbonyl (C=O) groups is 1. The van der Waals surface area contributed by atoms with Crippen molar-refractivity contribution in [3.05, 3.63) is 47.5 Å². The van der Waals surface area contributed by atoms with Crippen LogP contribution in [0.15, 0.2) is 30.6 Å². The van der Waals surface area contributed by atoms with Gasteiger partial charge in [-0.2, -0.15) is 5.10 Å². The molecule has 1 heterocycles. The number of rotatable bonds is 6. The van der Waals surface area contributed by atoms with Gasteiger partial charge in [0.1, 0.15) is 12.2 Å². The summed E-state index contributed by atoms with van der Waals surface area (Å²) in [5.74, 6) is 0.464. The Kier molecular flexibility index (Phi) is 4.03. The molecule has 1 amide bonds. The van der Waals surface area contributed by atoms with Crippen LogP contribution in [-0.2, 0) is 13.0 Å². The van der Waals surface area contributed by atoms with Crippen LogP contribution in [-0.4, -0.2) is 27.6 Å². The molecule has 0 atom stereocenters. The number of nitrogens with one attached hydrogen (secondary N) is 2. The Morgan fingerprint density at radius 2 is 2.11 bits per heavy atom. The molecule has 2 rings (SSSR count). The van der Waals surface area contributed by atoms with E-state index in [0.29, 0.717) is 5.56 Å². The number of carbonyl (C=O) groups excluding carboxylic acids is 1. The predicted molar refractivity (Wildman–Crippen MR) is 66.8 cm³/mol. The number of benzene rings is 1. The molecule has 94 valence electrons. The largest absolute Gasteiger partial charge is 0.366 e. The van der Waals surface area contributed by atoms with Gasteiger partial charge in [-0.1, -0.05) is 12.1 Å². The van der Waals surface area contributed by atoms with Crippen molar-refractivity contribution in [2.24, 2.45) is 5.73 Å². The molecule has 18 heavy (non-hydrogen) atoms. The quantitative estimate of drug-likeness (QED) is 0.635. The van der Waals surface area contributed by atoms with Crippen LogP contribution in [0.2, 0.25) is 0 Å². The van der Waals surface area contributed by atoms with E-state index in [2.05, 4.69) is 20.5 Å². The van der Waals surface area contributed by atoms with Gasteiger partial charge in [0.15, 0.2) is 0 Å². The van der Waals surface area contributed by atoms with Crippen molar-refractivity contribution in [3.63, 3.8) is 0 Å². The van der Waals surface area contributed by atoms with Crippen molar-refractivity contribution in [1.82, 2.24) is 20.5 Å². The maximum atomic E-state index is 10.9. The molecule has 0 aliphatic carbocycles. The van der Waals surface area contributed by atoms with Gasteiger partial charge in [-0.15, -0.1) is 0 Å². The van der Waals surface area contributed by atoms with Crippen LogP contribution in [0.4, 0.5) is 0 Å². The Bertz CT molecular complexity index is 492. The summed E-state index contributed by atoms with van der Waals surface area (Å²) in [6, 6.07) is 7.24. The van der Waals surface area contributed by atoms with Gasteiger partial charge in [-0.05, 0) is 17.7 Å². The molecule has 6 nitrogen and oxygen atoms in total. The van der Waals surface area contributed by atoms with Crippen molar-refractivity contribution in [2.75, 3.05) is 6.54 Å². The Morgan fingerprint density at radius 3 is 2.72 bits per heavy atom. The molecule has 0 saturated carbocycles. The monoisotopic (exact) mass is 245 g/mol. The lowest BCUT2D eigenvalue weighted by molar-refractivity contribution is 0.100. The highest BCUT2D eigenvalue weighted by atomic mass is 16.1. The molecule has 0 saturated heterocycles. The summed E-state index contributed by atoms with van der Waals surface area (Å²) >= 11 is 0.